The first-order chi connectivity index (χ1) is 9.81. The maximum atomic E-state index is 4.44. The van der Waals surface area contributed by atoms with Crippen LogP contribution >= 0.6 is 0 Å². The molecule has 0 amide bonds. The Bertz CT molecular complexity index is 611. The van der Waals surface area contributed by atoms with Crippen LogP contribution in [0.3, 0.4) is 0 Å². The first kappa shape index (κ1) is 12.1. The molecule has 1 unspecified atom stereocenters. The van der Waals surface area contributed by atoms with Crippen LogP contribution in [0.2, 0.25) is 0 Å². The minimum absolute atomic E-state index is 0.600. The summed E-state index contributed by atoms with van der Waals surface area (Å²) >= 11 is 0. The van der Waals surface area contributed by atoms with E-state index in [-0.39, 0.29) is 0 Å². The molecule has 20 heavy (non-hydrogen) atoms. The van der Waals surface area contributed by atoms with Crippen molar-refractivity contribution < 1.29 is 0 Å². The second-order valence-electron chi connectivity index (χ2n) is 5.90. The number of fused-ring (bicyclic) bond motifs is 1. The van der Waals surface area contributed by atoms with Gasteiger partial charge in [-0.05, 0) is 39.2 Å². The van der Waals surface area contributed by atoms with Crippen LogP contribution in [-0.4, -0.2) is 44.8 Å². The summed E-state index contributed by atoms with van der Waals surface area (Å²) in [5.41, 5.74) is 1.01. The van der Waals surface area contributed by atoms with E-state index < -0.39 is 0 Å². The minimum Gasteiger partial charge on any atom is -0.352 e. The Morgan fingerprint density at radius 2 is 2.30 bits per heavy atom. The largest absolute Gasteiger partial charge is 0.352 e. The SMILES string of the molecule is Cc1cc(N(CC2CCCN2)C2CC2)n2ncnc2n1. The Hall–Kier alpha value is -1.69. The second-order valence-corrected chi connectivity index (χ2v) is 5.90. The van der Waals surface area contributed by atoms with Crippen molar-refractivity contribution in [1.29, 1.82) is 0 Å². The molecule has 4 rings (SSSR count). The lowest BCUT2D eigenvalue weighted by Gasteiger charge is -2.28. The molecular formula is C14H20N6. The molecule has 0 spiro atoms. The molecule has 2 aromatic rings. The van der Waals surface area contributed by atoms with Gasteiger partial charge in [-0.1, -0.05) is 0 Å². The molecule has 2 aromatic heterocycles. The molecule has 6 nitrogen and oxygen atoms in total. The molecule has 1 saturated carbocycles. The van der Waals surface area contributed by atoms with Crippen LogP contribution in [0.25, 0.3) is 5.78 Å². The van der Waals surface area contributed by atoms with Crippen LogP contribution < -0.4 is 10.2 Å². The summed E-state index contributed by atoms with van der Waals surface area (Å²) in [7, 11) is 0. The lowest BCUT2D eigenvalue weighted by molar-refractivity contribution is 0.571. The molecule has 106 valence electrons. The van der Waals surface area contributed by atoms with E-state index in [1.165, 1.54) is 25.7 Å². The van der Waals surface area contributed by atoms with Gasteiger partial charge in [0, 0.05) is 30.4 Å². The molecule has 0 aromatic carbocycles. The predicted octanol–water partition coefficient (Wildman–Crippen LogP) is 1.15. The maximum Gasteiger partial charge on any atom is 0.254 e. The van der Waals surface area contributed by atoms with E-state index in [1.807, 2.05) is 11.4 Å². The van der Waals surface area contributed by atoms with E-state index in [0.29, 0.717) is 17.9 Å². The third-order valence-corrected chi connectivity index (χ3v) is 4.22. The van der Waals surface area contributed by atoms with E-state index >= 15 is 0 Å². The van der Waals surface area contributed by atoms with Crippen LogP contribution in [0.5, 0.6) is 0 Å². The number of anilines is 1. The van der Waals surface area contributed by atoms with E-state index in [1.54, 1.807) is 6.33 Å². The van der Waals surface area contributed by atoms with Crippen LogP contribution in [0.4, 0.5) is 5.82 Å². The Morgan fingerprint density at radius 3 is 3.05 bits per heavy atom. The number of rotatable bonds is 4. The Balaban J connectivity index is 1.71. The monoisotopic (exact) mass is 272 g/mol. The molecule has 6 heteroatoms. The van der Waals surface area contributed by atoms with Crippen molar-refractivity contribution in [3.05, 3.63) is 18.1 Å². The zero-order valence-corrected chi connectivity index (χ0v) is 11.8. The lowest BCUT2D eigenvalue weighted by Crippen LogP contribution is -2.40. The summed E-state index contributed by atoms with van der Waals surface area (Å²) in [6, 6.07) is 3.39. The number of hydrogen-bond donors (Lipinski definition) is 1. The van der Waals surface area contributed by atoms with E-state index in [2.05, 4.69) is 31.3 Å². The molecular weight excluding hydrogens is 252 g/mol. The third kappa shape index (κ3) is 2.14. The summed E-state index contributed by atoms with van der Waals surface area (Å²) < 4.78 is 1.88. The fourth-order valence-corrected chi connectivity index (χ4v) is 3.08. The highest BCUT2D eigenvalue weighted by molar-refractivity contribution is 5.49. The van der Waals surface area contributed by atoms with Crippen LogP contribution in [0.15, 0.2) is 12.4 Å². The van der Waals surface area contributed by atoms with Gasteiger partial charge in [0.2, 0.25) is 0 Å². The highest BCUT2D eigenvalue weighted by Crippen LogP contribution is 2.32. The van der Waals surface area contributed by atoms with E-state index in [9.17, 15) is 0 Å². The number of aromatic nitrogens is 4. The smallest absolute Gasteiger partial charge is 0.254 e. The molecule has 0 radical (unpaired) electrons. The third-order valence-electron chi connectivity index (χ3n) is 4.22. The van der Waals surface area contributed by atoms with E-state index in [4.69, 9.17) is 0 Å². The molecule has 1 aliphatic heterocycles. The highest BCUT2D eigenvalue weighted by atomic mass is 15.4. The predicted molar refractivity (Wildman–Crippen MR) is 76.9 cm³/mol. The van der Waals surface area contributed by atoms with Crippen molar-refractivity contribution in [2.45, 2.75) is 44.7 Å². The summed E-state index contributed by atoms with van der Waals surface area (Å²) in [5, 5.41) is 7.94. The van der Waals surface area contributed by atoms with Crippen molar-refractivity contribution in [2.75, 3.05) is 18.0 Å². The van der Waals surface area contributed by atoms with Gasteiger partial charge in [0.1, 0.15) is 12.1 Å². The van der Waals surface area contributed by atoms with Gasteiger partial charge in [0.05, 0.1) is 0 Å². The van der Waals surface area contributed by atoms with Crippen LogP contribution in [0, 0.1) is 6.92 Å². The quantitative estimate of drug-likeness (QED) is 0.905. The molecule has 2 fully saturated rings. The van der Waals surface area contributed by atoms with Gasteiger partial charge in [-0.25, -0.2) is 4.98 Å². The highest BCUT2D eigenvalue weighted by Gasteiger charge is 2.33. The van der Waals surface area contributed by atoms with Crippen molar-refractivity contribution >= 4 is 11.6 Å². The standard InChI is InChI=1S/C14H20N6/c1-10-7-13(20-14(18-10)16-9-17-20)19(12-4-5-12)8-11-3-2-6-15-11/h7,9,11-12,15H,2-6,8H2,1H3. The summed E-state index contributed by atoms with van der Waals surface area (Å²) in [5.74, 6) is 1.84. The maximum absolute atomic E-state index is 4.44. The van der Waals surface area contributed by atoms with E-state index in [0.717, 1.165) is 24.6 Å². The van der Waals surface area contributed by atoms with Crippen molar-refractivity contribution in [1.82, 2.24) is 24.9 Å². The zero-order valence-electron chi connectivity index (χ0n) is 11.8. The molecule has 2 aliphatic rings. The zero-order chi connectivity index (χ0) is 13.5. The van der Waals surface area contributed by atoms with Crippen molar-refractivity contribution in [3.63, 3.8) is 0 Å². The first-order valence-corrected chi connectivity index (χ1v) is 7.49. The molecule has 3 heterocycles. The van der Waals surface area contributed by atoms with Crippen LogP contribution in [0.1, 0.15) is 31.4 Å². The van der Waals surface area contributed by atoms with Gasteiger partial charge in [-0.3, -0.25) is 0 Å². The lowest BCUT2D eigenvalue weighted by atomic mass is 10.2. The van der Waals surface area contributed by atoms with Gasteiger partial charge in [-0.15, -0.1) is 0 Å². The Kier molecular flexibility index (Phi) is 2.84. The fourth-order valence-electron chi connectivity index (χ4n) is 3.08. The molecule has 0 bridgehead atoms. The normalized spacial score (nSPS) is 22.6. The number of hydrogen-bond acceptors (Lipinski definition) is 5. The molecule has 1 aliphatic carbocycles. The number of nitrogens with one attached hydrogen (secondary N) is 1. The van der Waals surface area contributed by atoms with Gasteiger partial charge >= 0.3 is 0 Å². The number of nitrogens with zero attached hydrogens (tertiary/aromatic N) is 5. The van der Waals surface area contributed by atoms with Crippen LogP contribution in [-0.2, 0) is 0 Å². The molecule has 1 N–H and O–H groups in total. The Labute approximate surface area is 118 Å². The molecule has 1 saturated heterocycles. The summed E-state index contributed by atoms with van der Waals surface area (Å²) in [4.78, 5) is 11.2. The van der Waals surface area contributed by atoms with Gasteiger partial charge in [-0.2, -0.15) is 14.6 Å². The minimum atomic E-state index is 0.600. The average Bonchev–Trinajstić information content (AvgIpc) is 2.96. The second kappa shape index (κ2) is 4.70. The van der Waals surface area contributed by atoms with Crippen molar-refractivity contribution in [2.24, 2.45) is 0 Å². The average molecular weight is 272 g/mol. The molecule has 1 atom stereocenters. The fraction of sp³-hybridized carbons (Fsp3) is 0.643. The summed E-state index contributed by atoms with van der Waals surface area (Å²) in [6.07, 6.45) is 6.71. The Morgan fingerprint density at radius 1 is 1.40 bits per heavy atom. The number of aryl methyl sites for hydroxylation is 1. The van der Waals surface area contributed by atoms with Gasteiger partial charge < -0.3 is 10.2 Å². The van der Waals surface area contributed by atoms with Gasteiger partial charge in [0.15, 0.2) is 0 Å². The topological polar surface area (TPSA) is 58.4 Å². The van der Waals surface area contributed by atoms with Crippen molar-refractivity contribution in [3.8, 4) is 0 Å². The first-order valence-electron chi connectivity index (χ1n) is 7.49. The summed E-state index contributed by atoms with van der Waals surface area (Å²) in [6.45, 7) is 4.23. The van der Waals surface area contributed by atoms with Gasteiger partial charge in [0.25, 0.3) is 5.78 Å².